The number of esters is 1. The van der Waals surface area contributed by atoms with Crippen molar-refractivity contribution in [3.63, 3.8) is 0 Å². The second-order valence-electron chi connectivity index (χ2n) is 6.74. The summed E-state index contributed by atoms with van der Waals surface area (Å²) in [6.45, 7) is 0.224. The molecule has 0 bridgehead atoms. The summed E-state index contributed by atoms with van der Waals surface area (Å²) in [4.78, 5) is 38.1. The molecule has 0 radical (unpaired) electrons. The molecule has 2 amide bonds. The van der Waals surface area contributed by atoms with Crippen LogP contribution < -0.4 is 19.7 Å². The standard InChI is InChI=1S/C22H24N2O6/c1-28-17-10-11-19(29-2)18(13-17)23-20(25)14-30-22(27)15-6-8-16(9-7-15)24-12-4-3-5-21(24)26/h6-11,13H,3-5,12,14H2,1-2H3,(H,23,25). The number of benzene rings is 2. The van der Waals surface area contributed by atoms with Gasteiger partial charge < -0.3 is 24.4 Å². The average Bonchev–Trinajstić information content (AvgIpc) is 2.78. The van der Waals surface area contributed by atoms with Crippen molar-refractivity contribution in [1.82, 2.24) is 0 Å². The molecule has 30 heavy (non-hydrogen) atoms. The van der Waals surface area contributed by atoms with Crippen LogP contribution in [0.4, 0.5) is 11.4 Å². The van der Waals surface area contributed by atoms with Gasteiger partial charge in [0.15, 0.2) is 6.61 Å². The van der Waals surface area contributed by atoms with Crippen molar-refractivity contribution >= 4 is 29.2 Å². The minimum Gasteiger partial charge on any atom is -0.497 e. The molecule has 0 saturated carbocycles. The van der Waals surface area contributed by atoms with E-state index in [0.29, 0.717) is 35.7 Å². The fourth-order valence-corrected chi connectivity index (χ4v) is 3.17. The maximum atomic E-state index is 12.2. The number of ether oxygens (including phenoxy) is 3. The Balaban J connectivity index is 1.56. The fraction of sp³-hybridized carbons (Fsp3) is 0.318. The Kier molecular flexibility index (Phi) is 6.90. The topological polar surface area (TPSA) is 94.2 Å². The number of methoxy groups -OCH3 is 2. The minimum absolute atomic E-state index is 0.0845. The molecule has 1 aliphatic heterocycles. The first-order valence-electron chi connectivity index (χ1n) is 9.61. The molecule has 1 aliphatic rings. The lowest BCUT2D eigenvalue weighted by atomic mass is 10.1. The molecule has 8 nitrogen and oxygen atoms in total. The number of nitrogens with zero attached hydrogens (tertiary/aromatic N) is 1. The molecule has 8 heteroatoms. The molecule has 0 unspecified atom stereocenters. The quantitative estimate of drug-likeness (QED) is 0.703. The first-order chi connectivity index (χ1) is 14.5. The highest BCUT2D eigenvalue weighted by Crippen LogP contribution is 2.28. The molecule has 2 aromatic carbocycles. The number of carbonyl (C=O) groups is 3. The van der Waals surface area contributed by atoms with Crippen molar-refractivity contribution in [2.45, 2.75) is 19.3 Å². The van der Waals surface area contributed by atoms with Crippen LogP contribution in [0.25, 0.3) is 0 Å². The molecule has 2 aromatic rings. The molecule has 0 aliphatic carbocycles. The predicted molar refractivity (Wildman–Crippen MR) is 111 cm³/mol. The lowest BCUT2D eigenvalue weighted by Gasteiger charge is -2.26. The highest BCUT2D eigenvalue weighted by atomic mass is 16.5. The summed E-state index contributed by atoms with van der Waals surface area (Å²) in [5.41, 5.74) is 1.46. The Morgan fingerprint density at radius 3 is 2.47 bits per heavy atom. The monoisotopic (exact) mass is 412 g/mol. The van der Waals surface area contributed by atoms with Gasteiger partial charge in [0.2, 0.25) is 5.91 Å². The molecule has 1 N–H and O–H groups in total. The predicted octanol–water partition coefficient (Wildman–Crippen LogP) is 3.02. The van der Waals surface area contributed by atoms with Gasteiger partial charge in [-0.1, -0.05) is 0 Å². The van der Waals surface area contributed by atoms with E-state index < -0.39 is 18.5 Å². The van der Waals surface area contributed by atoms with Gasteiger partial charge in [0, 0.05) is 24.7 Å². The number of piperidine rings is 1. The highest BCUT2D eigenvalue weighted by molar-refractivity contribution is 5.97. The molecule has 1 fully saturated rings. The van der Waals surface area contributed by atoms with Crippen LogP contribution in [0.2, 0.25) is 0 Å². The molecular formula is C22H24N2O6. The summed E-state index contributed by atoms with van der Waals surface area (Å²) < 4.78 is 15.4. The van der Waals surface area contributed by atoms with Crippen LogP contribution in [0.3, 0.4) is 0 Å². The Morgan fingerprint density at radius 2 is 1.80 bits per heavy atom. The van der Waals surface area contributed by atoms with Crippen molar-refractivity contribution < 1.29 is 28.6 Å². The number of hydrogen-bond donors (Lipinski definition) is 1. The first-order valence-corrected chi connectivity index (χ1v) is 9.61. The Morgan fingerprint density at radius 1 is 1.03 bits per heavy atom. The molecule has 0 spiro atoms. The van der Waals surface area contributed by atoms with E-state index in [0.717, 1.165) is 18.5 Å². The molecule has 1 saturated heterocycles. The number of anilines is 2. The SMILES string of the molecule is COc1ccc(OC)c(NC(=O)COC(=O)c2ccc(N3CCCCC3=O)cc2)c1. The van der Waals surface area contributed by atoms with Crippen LogP contribution in [-0.4, -0.2) is 45.2 Å². The molecule has 0 aromatic heterocycles. The normalized spacial score (nSPS) is 13.5. The molecule has 3 rings (SSSR count). The van der Waals surface area contributed by atoms with E-state index >= 15 is 0 Å². The summed E-state index contributed by atoms with van der Waals surface area (Å²) in [6.07, 6.45) is 2.41. The fourth-order valence-electron chi connectivity index (χ4n) is 3.17. The van der Waals surface area contributed by atoms with Gasteiger partial charge in [-0.3, -0.25) is 9.59 Å². The molecule has 1 heterocycles. The van der Waals surface area contributed by atoms with E-state index in [-0.39, 0.29) is 5.91 Å². The zero-order chi connectivity index (χ0) is 21.5. The number of carbonyl (C=O) groups excluding carboxylic acids is 3. The van der Waals surface area contributed by atoms with E-state index in [9.17, 15) is 14.4 Å². The lowest BCUT2D eigenvalue weighted by molar-refractivity contribution is -0.120. The van der Waals surface area contributed by atoms with E-state index in [1.165, 1.54) is 14.2 Å². The van der Waals surface area contributed by atoms with E-state index in [2.05, 4.69) is 5.32 Å². The van der Waals surface area contributed by atoms with Gasteiger partial charge in [-0.25, -0.2) is 4.79 Å². The van der Waals surface area contributed by atoms with Crippen LogP contribution in [0.1, 0.15) is 29.6 Å². The van der Waals surface area contributed by atoms with Crippen LogP contribution >= 0.6 is 0 Å². The zero-order valence-electron chi connectivity index (χ0n) is 17.0. The number of rotatable bonds is 7. The molecule has 0 atom stereocenters. The van der Waals surface area contributed by atoms with E-state index in [1.54, 1.807) is 47.4 Å². The summed E-state index contributed by atoms with van der Waals surface area (Å²) in [7, 11) is 3.00. The van der Waals surface area contributed by atoms with Crippen molar-refractivity contribution in [3.05, 3.63) is 48.0 Å². The Hall–Kier alpha value is -3.55. The van der Waals surface area contributed by atoms with Crippen LogP contribution in [0.5, 0.6) is 11.5 Å². The summed E-state index contributed by atoms with van der Waals surface area (Å²) in [5, 5.41) is 2.63. The van der Waals surface area contributed by atoms with Gasteiger partial charge in [0.1, 0.15) is 11.5 Å². The second-order valence-corrected chi connectivity index (χ2v) is 6.74. The second kappa shape index (κ2) is 9.78. The van der Waals surface area contributed by atoms with E-state index in [4.69, 9.17) is 14.2 Å². The van der Waals surface area contributed by atoms with Gasteiger partial charge in [0.25, 0.3) is 5.91 Å². The van der Waals surface area contributed by atoms with Gasteiger partial charge in [-0.05, 0) is 49.2 Å². The van der Waals surface area contributed by atoms with Gasteiger partial charge >= 0.3 is 5.97 Å². The van der Waals surface area contributed by atoms with Crippen LogP contribution in [-0.2, 0) is 14.3 Å². The van der Waals surface area contributed by atoms with Gasteiger partial charge in [0.05, 0.1) is 25.5 Å². The van der Waals surface area contributed by atoms with Crippen molar-refractivity contribution in [2.75, 3.05) is 37.6 Å². The van der Waals surface area contributed by atoms with Crippen molar-refractivity contribution in [1.29, 1.82) is 0 Å². The summed E-state index contributed by atoms with van der Waals surface area (Å²) in [5.74, 6) is -0.0420. The number of amides is 2. The van der Waals surface area contributed by atoms with Crippen molar-refractivity contribution in [2.24, 2.45) is 0 Å². The first kappa shape index (κ1) is 21.2. The molecule has 158 valence electrons. The summed E-state index contributed by atoms with van der Waals surface area (Å²) in [6, 6.07) is 11.6. The third-order valence-corrected chi connectivity index (χ3v) is 4.75. The van der Waals surface area contributed by atoms with Crippen molar-refractivity contribution in [3.8, 4) is 11.5 Å². The number of hydrogen-bond acceptors (Lipinski definition) is 6. The molecular weight excluding hydrogens is 388 g/mol. The largest absolute Gasteiger partial charge is 0.497 e. The average molecular weight is 412 g/mol. The van der Waals surface area contributed by atoms with Crippen LogP contribution in [0.15, 0.2) is 42.5 Å². The van der Waals surface area contributed by atoms with Gasteiger partial charge in [-0.2, -0.15) is 0 Å². The Bertz CT molecular complexity index is 926. The van der Waals surface area contributed by atoms with Gasteiger partial charge in [-0.15, -0.1) is 0 Å². The Labute approximate surface area is 174 Å². The third-order valence-electron chi connectivity index (χ3n) is 4.75. The number of nitrogens with one attached hydrogen (secondary N) is 1. The summed E-state index contributed by atoms with van der Waals surface area (Å²) >= 11 is 0. The van der Waals surface area contributed by atoms with Crippen LogP contribution in [0, 0.1) is 0 Å². The zero-order valence-corrected chi connectivity index (χ0v) is 17.0. The maximum Gasteiger partial charge on any atom is 0.338 e. The smallest absolute Gasteiger partial charge is 0.338 e. The lowest BCUT2D eigenvalue weighted by Crippen LogP contribution is -2.35. The highest BCUT2D eigenvalue weighted by Gasteiger charge is 2.20. The van der Waals surface area contributed by atoms with E-state index in [1.807, 2.05) is 0 Å². The maximum absolute atomic E-state index is 12.2. The third kappa shape index (κ3) is 5.08. The minimum atomic E-state index is -0.626.